The van der Waals surface area contributed by atoms with E-state index in [0.29, 0.717) is 30.2 Å². The summed E-state index contributed by atoms with van der Waals surface area (Å²) in [5.41, 5.74) is 1.92. The lowest BCUT2D eigenvalue weighted by Gasteiger charge is -2.21. The van der Waals surface area contributed by atoms with Crippen LogP contribution in [0.15, 0.2) is 57.3 Å². The Morgan fingerprint density at radius 2 is 1.91 bits per heavy atom. The largest absolute Gasteiger partial charge is 0.341 e. The Balaban J connectivity index is 1.67. The molecule has 1 atom stereocenters. The summed E-state index contributed by atoms with van der Waals surface area (Å²) in [5, 5.41) is 0.735. The third-order valence-electron chi connectivity index (χ3n) is 5.35. The maximum atomic E-state index is 12.8. The van der Waals surface area contributed by atoms with E-state index in [1.165, 1.54) is 4.57 Å². The molecule has 33 heavy (non-hydrogen) atoms. The fourth-order valence-corrected chi connectivity index (χ4v) is 4.57. The molecular formula is C23H27N7O2S. The molecule has 0 radical (unpaired) electrons. The van der Waals surface area contributed by atoms with Crippen molar-refractivity contribution in [2.24, 2.45) is 13.0 Å². The van der Waals surface area contributed by atoms with E-state index in [0.717, 1.165) is 22.2 Å². The fraction of sp³-hybridized carbons (Fsp3) is 0.348. The maximum absolute atomic E-state index is 12.8. The molecule has 0 amide bonds. The Hall–Kier alpha value is -3.40. The fourth-order valence-electron chi connectivity index (χ4n) is 3.69. The first kappa shape index (κ1) is 22.8. The number of anilines is 1. The van der Waals surface area contributed by atoms with Crippen LogP contribution in [-0.2, 0) is 20.1 Å². The number of fused-ring (bicyclic) bond motifs is 1. The van der Waals surface area contributed by atoms with Crippen molar-refractivity contribution in [1.82, 2.24) is 29.1 Å². The van der Waals surface area contributed by atoms with Crippen molar-refractivity contribution in [1.29, 1.82) is 0 Å². The molecule has 0 aliphatic heterocycles. The van der Waals surface area contributed by atoms with Gasteiger partial charge in [-0.2, -0.15) is 4.98 Å². The summed E-state index contributed by atoms with van der Waals surface area (Å²) in [5.74, 6) is 1.61. The molecule has 1 unspecified atom stereocenters. The van der Waals surface area contributed by atoms with E-state index in [9.17, 15) is 9.59 Å². The highest BCUT2D eigenvalue weighted by molar-refractivity contribution is 7.99. The molecule has 3 aromatic heterocycles. The average Bonchev–Trinajstić information content (AvgIpc) is 3.17. The summed E-state index contributed by atoms with van der Waals surface area (Å²) in [6, 6.07) is 11.9. The lowest BCUT2D eigenvalue weighted by atomic mass is 10.2. The number of rotatable bonds is 8. The first-order chi connectivity index (χ1) is 15.8. The number of imidazole rings is 1. The van der Waals surface area contributed by atoms with Crippen LogP contribution < -0.4 is 16.1 Å². The van der Waals surface area contributed by atoms with Crippen LogP contribution in [0.4, 0.5) is 5.95 Å². The van der Waals surface area contributed by atoms with Gasteiger partial charge in [0.2, 0.25) is 5.95 Å². The maximum Gasteiger partial charge on any atom is 0.329 e. The molecule has 0 spiro atoms. The highest BCUT2D eigenvalue weighted by Gasteiger charge is 2.21. The quantitative estimate of drug-likeness (QED) is 0.315. The van der Waals surface area contributed by atoms with E-state index in [1.54, 1.807) is 25.0 Å². The van der Waals surface area contributed by atoms with Crippen molar-refractivity contribution >= 4 is 28.9 Å². The molecule has 4 rings (SSSR count). The molecule has 0 bridgehead atoms. The highest BCUT2D eigenvalue weighted by atomic mass is 32.2. The zero-order valence-electron chi connectivity index (χ0n) is 19.1. The van der Waals surface area contributed by atoms with E-state index in [4.69, 9.17) is 4.98 Å². The monoisotopic (exact) mass is 465 g/mol. The first-order valence-electron chi connectivity index (χ1n) is 10.7. The van der Waals surface area contributed by atoms with Gasteiger partial charge in [-0.25, -0.2) is 14.8 Å². The van der Waals surface area contributed by atoms with Crippen LogP contribution in [0.3, 0.4) is 0 Å². The number of nitrogens with zero attached hydrogens (tertiary/aromatic N) is 6. The average molecular weight is 466 g/mol. The normalized spacial score (nSPS) is 12.2. The Bertz CT molecular complexity index is 1380. The summed E-state index contributed by atoms with van der Waals surface area (Å²) in [7, 11) is 3.56. The second-order valence-corrected chi connectivity index (χ2v) is 9.24. The van der Waals surface area contributed by atoms with E-state index in [2.05, 4.69) is 21.9 Å². The van der Waals surface area contributed by atoms with E-state index >= 15 is 0 Å². The Labute approximate surface area is 195 Å². The number of benzene rings is 1. The number of thioether (sulfide) groups is 1. The summed E-state index contributed by atoms with van der Waals surface area (Å²) in [4.78, 5) is 42.9. The summed E-state index contributed by atoms with van der Waals surface area (Å²) >= 11 is 1.59. The molecule has 0 saturated heterocycles. The molecule has 4 aromatic rings. The Morgan fingerprint density at radius 3 is 2.64 bits per heavy atom. The molecule has 0 aliphatic carbocycles. The lowest BCUT2D eigenvalue weighted by Crippen LogP contribution is -2.30. The smallest absolute Gasteiger partial charge is 0.329 e. The third kappa shape index (κ3) is 5.00. The van der Waals surface area contributed by atoms with Crippen LogP contribution in [0.1, 0.15) is 18.2 Å². The van der Waals surface area contributed by atoms with E-state index < -0.39 is 11.2 Å². The molecular weight excluding hydrogens is 438 g/mol. The minimum atomic E-state index is -0.477. The van der Waals surface area contributed by atoms with Gasteiger partial charge in [-0.3, -0.25) is 14.3 Å². The number of aromatic nitrogens is 6. The van der Waals surface area contributed by atoms with Gasteiger partial charge in [0.15, 0.2) is 16.3 Å². The van der Waals surface area contributed by atoms with Gasteiger partial charge in [0.25, 0.3) is 5.56 Å². The van der Waals surface area contributed by atoms with Crippen molar-refractivity contribution in [3.63, 3.8) is 0 Å². The van der Waals surface area contributed by atoms with E-state index in [1.807, 2.05) is 59.8 Å². The van der Waals surface area contributed by atoms with Gasteiger partial charge in [-0.15, -0.1) is 0 Å². The molecule has 9 nitrogen and oxygen atoms in total. The number of hydrogen-bond donors (Lipinski definition) is 1. The SMILES string of the molecule is Cc1ccnc(SCC(C)Cn2c(N(C)Cc3ccccc3)nc3c2c(=O)[nH]c(=O)n3C)n1. The van der Waals surface area contributed by atoms with Crippen LogP contribution in [0, 0.1) is 12.8 Å². The summed E-state index contributed by atoms with van der Waals surface area (Å²) in [6.45, 7) is 5.24. The van der Waals surface area contributed by atoms with Crippen LogP contribution in [0.25, 0.3) is 11.2 Å². The van der Waals surface area contributed by atoms with Crippen LogP contribution in [-0.4, -0.2) is 41.9 Å². The Morgan fingerprint density at radius 1 is 1.15 bits per heavy atom. The molecule has 0 saturated carbocycles. The second-order valence-electron chi connectivity index (χ2n) is 8.25. The molecule has 1 N–H and O–H groups in total. The van der Waals surface area contributed by atoms with Gasteiger partial charge in [0.05, 0.1) is 0 Å². The summed E-state index contributed by atoms with van der Waals surface area (Å²) in [6.07, 6.45) is 1.76. The summed E-state index contributed by atoms with van der Waals surface area (Å²) < 4.78 is 3.30. The van der Waals surface area contributed by atoms with Crippen molar-refractivity contribution in [2.45, 2.75) is 32.1 Å². The molecule has 0 fully saturated rings. The van der Waals surface area contributed by atoms with Gasteiger partial charge in [-0.1, -0.05) is 49.0 Å². The highest BCUT2D eigenvalue weighted by Crippen LogP contribution is 2.24. The van der Waals surface area contributed by atoms with Gasteiger partial charge in [-0.05, 0) is 24.5 Å². The van der Waals surface area contributed by atoms with E-state index in [-0.39, 0.29) is 5.92 Å². The molecule has 10 heteroatoms. The lowest BCUT2D eigenvalue weighted by molar-refractivity contribution is 0.536. The van der Waals surface area contributed by atoms with Gasteiger partial charge in [0.1, 0.15) is 0 Å². The predicted octanol–water partition coefficient (Wildman–Crippen LogP) is 2.59. The van der Waals surface area contributed by atoms with Crippen molar-refractivity contribution in [3.05, 3.63) is 74.7 Å². The number of H-pyrrole nitrogens is 1. The number of aryl methyl sites for hydroxylation is 2. The predicted molar refractivity (Wildman–Crippen MR) is 131 cm³/mol. The minimum absolute atomic E-state index is 0.192. The van der Waals surface area contributed by atoms with Crippen molar-refractivity contribution in [2.75, 3.05) is 17.7 Å². The second kappa shape index (κ2) is 9.62. The molecule has 3 heterocycles. The number of aromatic amines is 1. The topological polar surface area (TPSA) is 102 Å². The number of hydrogen-bond acceptors (Lipinski definition) is 7. The molecule has 0 aliphatic rings. The molecule has 172 valence electrons. The van der Waals surface area contributed by atoms with Crippen LogP contribution in [0.5, 0.6) is 0 Å². The minimum Gasteiger partial charge on any atom is -0.341 e. The first-order valence-corrected chi connectivity index (χ1v) is 11.7. The number of nitrogens with one attached hydrogen (secondary N) is 1. The van der Waals surface area contributed by atoms with Crippen LogP contribution in [0.2, 0.25) is 0 Å². The third-order valence-corrected chi connectivity index (χ3v) is 6.55. The van der Waals surface area contributed by atoms with Gasteiger partial charge < -0.3 is 9.47 Å². The Kier molecular flexibility index (Phi) is 6.64. The van der Waals surface area contributed by atoms with Crippen molar-refractivity contribution in [3.8, 4) is 0 Å². The van der Waals surface area contributed by atoms with Crippen molar-refractivity contribution < 1.29 is 0 Å². The molecule has 1 aromatic carbocycles. The van der Waals surface area contributed by atoms with Crippen LogP contribution >= 0.6 is 11.8 Å². The standard InChI is InChI=1S/C23H27N7O2S/c1-15(14-33-21-24-11-10-16(2)25-21)12-30-18-19(29(4)23(32)27-20(18)31)26-22(30)28(3)13-17-8-6-5-7-9-17/h5-11,15H,12-14H2,1-4H3,(H,27,31,32). The zero-order valence-corrected chi connectivity index (χ0v) is 20.0. The van der Waals surface area contributed by atoms with Gasteiger partial charge in [0, 0.05) is 44.8 Å². The van der Waals surface area contributed by atoms with Gasteiger partial charge >= 0.3 is 5.69 Å². The zero-order chi connectivity index (χ0) is 23.5.